The molecule has 1 N–H and O–H groups in total. The maximum absolute atomic E-state index is 12.6. The standard InChI is InChI=1S/C21H26N2OS/c1-15-11-16(2)13-19(12-15)21(24)22-20-6-4-5-18(17(20)3)14-23-7-9-25-10-8-23/h4-6,11-13H,7-10,14H2,1-3H3,(H,22,24). The van der Waals surface area contributed by atoms with Gasteiger partial charge in [0.05, 0.1) is 0 Å². The summed E-state index contributed by atoms with van der Waals surface area (Å²) in [6.07, 6.45) is 0. The fraction of sp³-hybridized carbons (Fsp3) is 0.381. The van der Waals surface area contributed by atoms with Gasteiger partial charge in [0.1, 0.15) is 0 Å². The lowest BCUT2D eigenvalue weighted by Gasteiger charge is -2.27. The highest BCUT2D eigenvalue weighted by molar-refractivity contribution is 7.99. The largest absolute Gasteiger partial charge is 0.322 e. The van der Waals surface area contributed by atoms with Crippen LogP contribution in [-0.2, 0) is 6.54 Å². The van der Waals surface area contributed by atoms with E-state index in [1.165, 1.54) is 22.6 Å². The van der Waals surface area contributed by atoms with Crippen LogP contribution in [-0.4, -0.2) is 35.4 Å². The average molecular weight is 355 g/mol. The van der Waals surface area contributed by atoms with Gasteiger partial charge in [-0.2, -0.15) is 11.8 Å². The lowest BCUT2D eigenvalue weighted by atomic mass is 10.0. The zero-order valence-corrected chi connectivity index (χ0v) is 16.1. The van der Waals surface area contributed by atoms with Crippen molar-refractivity contribution in [2.75, 3.05) is 29.9 Å². The normalized spacial score (nSPS) is 15.2. The summed E-state index contributed by atoms with van der Waals surface area (Å²) >= 11 is 2.03. The fourth-order valence-corrected chi connectivity index (χ4v) is 4.27. The minimum atomic E-state index is -0.0403. The zero-order valence-electron chi connectivity index (χ0n) is 15.3. The van der Waals surface area contributed by atoms with E-state index in [4.69, 9.17) is 0 Å². The first-order chi connectivity index (χ1) is 12.0. The number of rotatable bonds is 4. The highest BCUT2D eigenvalue weighted by Crippen LogP contribution is 2.23. The number of hydrogen-bond donors (Lipinski definition) is 1. The Hall–Kier alpha value is -1.78. The highest BCUT2D eigenvalue weighted by Gasteiger charge is 2.14. The number of anilines is 1. The first kappa shape index (κ1) is 18.0. The number of thioether (sulfide) groups is 1. The smallest absolute Gasteiger partial charge is 0.255 e. The molecule has 0 atom stereocenters. The summed E-state index contributed by atoms with van der Waals surface area (Å²) in [5, 5.41) is 3.10. The third kappa shape index (κ3) is 4.65. The van der Waals surface area contributed by atoms with Crippen LogP contribution in [0.5, 0.6) is 0 Å². The van der Waals surface area contributed by atoms with E-state index in [1.54, 1.807) is 0 Å². The van der Waals surface area contributed by atoms with Crippen LogP contribution in [0.4, 0.5) is 5.69 Å². The molecule has 0 aliphatic carbocycles. The van der Waals surface area contributed by atoms with E-state index in [2.05, 4.69) is 29.3 Å². The summed E-state index contributed by atoms with van der Waals surface area (Å²) in [4.78, 5) is 15.1. The molecule has 1 aliphatic heterocycles. The first-order valence-electron chi connectivity index (χ1n) is 8.81. The van der Waals surface area contributed by atoms with Crippen molar-refractivity contribution in [3.05, 3.63) is 64.2 Å². The van der Waals surface area contributed by atoms with Crippen LogP contribution in [0.1, 0.15) is 32.6 Å². The second-order valence-corrected chi connectivity index (χ2v) is 8.03. The van der Waals surface area contributed by atoms with E-state index in [0.29, 0.717) is 0 Å². The second-order valence-electron chi connectivity index (χ2n) is 6.81. The highest BCUT2D eigenvalue weighted by atomic mass is 32.2. The Bertz CT molecular complexity index is 746. The quantitative estimate of drug-likeness (QED) is 0.882. The third-order valence-corrected chi connectivity index (χ3v) is 5.62. The van der Waals surface area contributed by atoms with Crippen molar-refractivity contribution in [3.8, 4) is 0 Å². The Morgan fingerprint density at radius 3 is 2.44 bits per heavy atom. The van der Waals surface area contributed by atoms with E-state index in [-0.39, 0.29) is 5.91 Å². The van der Waals surface area contributed by atoms with Crippen LogP contribution in [0.25, 0.3) is 0 Å². The van der Waals surface area contributed by atoms with Crippen LogP contribution in [0.3, 0.4) is 0 Å². The van der Waals surface area contributed by atoms with Gasteiger partial charge in [-0.15, -0.1) is 0 Å². The predicted octanol–water partition coefficient (Wildman–Crippen LogP) is 4.41. The molecule has 0 saturated carbocycles. The number of nitrogens with zero attached hydrogens (tertiary/aromatic N) is 1. The summed E-state index contributed by atoms with van der Waals surface area (Å²) in [7, 11) is 0. The number of aryl methyl sites for hydroxylation is 2. The molecule has 1 saturated heterocycles. The van der Waals surface area contributed by atoms with Crippen LogP contribution < -0.4 is 5.32 Å². The summed E-state index contributed by atoms with van der Waals surface area (Å²) in [5.74, 6) is 2.38. The summed E-state index contributed by atoms with van der Waals surface area (Å²) in [6.45, 7) is 9.39. The summed E-state index contributed by atoms with van der Waals surface area (Å²) in [5.41, 5.74) is 6.31. The molecule has 0 radical (unpaired) electrons. The first-order valence-corrected chi connectivity index (χ1v) is 9.96. The van der Waals surface area contributed by atoms with Crippen molar-refractivity contribution in [2.24, 2.45) is 0 Å². The van der Waals surface area contributed by atoms with Crippen LogP contribution in [0.2, 0.25) is 0 Å². The Balaban J connectivity index is 1.75. The molecule has 3 rings (SSSR count). The molecule has 0 aromatic heterocycles. The lowest BCUT2D eigenvalue weighted by Crippen LogP contribution is -2.32. The zero-order chi connectivity index (χ0) is 17.8. The molecule has 1 amide bonds. The number of hydrogen-bond acceptors (Lipinski definition) is 3. The van der Waals surface area contributed by atoms with E-state index in [0.717, 1.165) is 42.0 Å². The van der Waals surface area contributed by atoms with Gasteiger partial charge in [0.15, 0.2) is 0 Å². The van der Waals surface area contributed by atoms with Gasteiger partial charge in [-0.05, 0) is 50.1 Å². The monoisotopic (exact) mass is 354 g/mol. The SMILES string of the molecule is Cc1cc(C)cc(C(=O)Nc2cccc(CN3CCSCC3)c2C)c1. The van der Waals surface area contributed by atoms with Gasteiger partial charge in [-0.25, -0.2) is 0 Å². The molecule has 2 aromatic rings. The minimum Gasteiger partial charge on any atom is -0.322 e. The molecule has 132 valence electrons. The van der Waals surface area contributed by atoms with Crippen molar-refractivity contribution in [1.82, 2.24) is 4.90 Å². The van der Waals surface area contributed by atoms with Crippen LogP contribution in [0, 0.1) is 20.8 Å². The molecule has 0 unspecified atom stereocenters. The maximum atomic E-state index is 12.6. The Labute approximate surface area is 154 Å². The molecule has 4 heteroatoms. The number of amides is 1. The topological polar surface area (TPSA) is 32.3 Å². The maximum Gasteiger partial charge on any atom is 0.255 e. The van der Waals surface area contributed by atoms with Crippen molar-refractivity contribution >= 4 is 23.4 Å². The molecule has 2 aromatic carbocycles. The molecule has 0 bridgehead atoms. The number of carbonyl (C=O) groups excluding carboxylic acids is 1. The van der Waals surface area contributed by atoms with Gasteiger partial charge in [0, 0.05) is 42.4 Å². The number of benzene rings is 2. The minimum absolute atomic E-state index is 0.0403. The predicted molar refractivity (Wildman–Crippen MR) is 108 cm³/mol. The molecule has 3 nitrogen and oxygen atoms in total. The second kappa shape index (κ2) is 8.07. The van der Waals surface area contributed by atoms with Gasteiger partial charge in [0.2, 0.25) is 0 Å². The van der Waals surface area contributed by atoms with Crippen LogP contribution >= 0.6 is 11.8 Å². The fourth-order valence-electron chi connectivity index (χ4n) is 3.29. The third-order valence-electron chi connectivity index (χ3n) is 4.68. The van der Waals surface area contributed by atoms with Gasteiger partial charge in [-0.3, -0.25) is 9.69 Å². The molecular formula is C21H26N2OS. The summed E-state index contributed by atoms with van der Waals surface area (Å²) < 4.78 is 0. The van der Waals surface area contributed by atoms with E-state index in [1.807, 2.05) is 49.9 Å². The van der Waals surface area contributed by atoms with E-state index in [9.17, 15) is 4.79 Å². The molecule has 0 spiro atoms. The van der Waals surface area contributed by atoms with Crippen molar-refractivity contribution in [1.29, 1.82) is 0 Å². The van der Waals surface area contributed by atoms with E-state index < -0.39 is 0 Å². The van der Waals surface area contributed by atoms with E-state index >= 15 is 0 Å². The van der Waals surface area contributed by atoms with Crippen molar-refractivity contribution in [2.45, 2.75) is 27.3 Å². The lowest BCUT2D eigenvalue weighted by molar-refractivity contribution is 0.102. The van der Waals surface area contributed by atoms with Crippen molar-refractivity contribution < 1.29 is 4.79 Å². The Morgan fingerprint density at radius 2 is 1.76 bits per heavy atom. The number of carbonyl (C=O) groups is 1. The Morgan fingerprint density at radius 1 is 1.08 bits per heavy atom. The molecule has 1 aliphatic rings. The van der Waals surface area contributed by atoms with Crippen LogP contribution in [0.15, 0.2) is 36.4 Å². The van der Waals surface area contributed by atoms with Gasteiger partial charge >= 0.3 is 0 Å². The summed E-state index contributed by atoms with van der Waals surface area (Å²) in [6, 6.07) is 12.2. The van der Waals surface area contributed by atoms with Gasteiger partial charge < -0.3 is 5.32 Å². The molecular weight excluding hydrogens is 328 g/mol. The average Bonchev–Trinajstić information content (AvgIpc) is 2.58. The molecule has 1 fully saturated rings. The number of nitrogens with one attached hydrogen (secondary N) is 1. The van der Waals surface area contributed by atoms with Gasteiger partial charge in [-0.1, -0.05) is 29.3 Å². The Kier molecular flexibility index (Phi) is 5.82. The van der Waals surface area contributed by atoms with Crippen molar-refractivity contribution in [3.63, 3.8) is 0 Å². The molecule has 1 heterocycles. The van der Waals surface area contributed by atoms with Gasteiger partial charge in [0.25, 0.3) is 5.91 Å². The molecule has 25 heavy (non-hydrogen) atoms.